The van der Waals surface area contributed by atoms with Crippen LogP contribution in [-0.2, 0) is 23.1 Å². The summed E-state index contributed by atoms with van der Waals surface area (Å²) >= 11 is 3.57. The monoisotopic (exact) mass is 947 g/mol. The van der Waals surface area contributed by atoms with Gasteiger partial charge in [0.1, 0.15) is 12.4 Å². The summed E-state index contributed by atoms with van der Waals surface area (Å²) in [6.07, 6.45) is 43.0. The Labute approximate surface area is 393 Å². The molecule has 5 nitrogen and oxygen atoms in total. The van der Waals surface area contributed by atoms with Crippen LogP contribution >= 0.6 is 15.9 Å². The van der Waals surface area contributed by atoms with Crippen molar-refractivity contribution in [2.75, 3.05) is 18.5 Å². The van der Waals surface area contributed by atoms with Gasteiger partial charge in [0, 0.05) is 18.5 Å². The smallest absolute Gasteiger partial charge is 0.333 e. The first-order valence-corrected chi connectivity index (χ1v) is 30.6. The van der Waals surface area contributed by atoms with Crippen LogP contribution in [0.1, 0.15) is 222 Å². The highest BCUT2D eigenvalue weighted by atomic mass is 79.9. The number of carbonyl (C=O) groups is 1. The van der Waals surface area contributed by atoms with Crippen LogP contribution in [0.25, 0.3) is 0 Å². The highest BCUT2D eigenvalue weighted by Crippen LogP contribution is 2.68. The Bertz CT molecular complexity index is 1310. The van der Waals surface area contributed by atoms with Gasteiger partial charge in [-0.2, -0.15) is 0 Å². The second-order valence-electron chi connectivity index (χ2n) is 22.8. The molecule has 10 atom stereocenters. The van der Waals surface area contributed by atoms with E-state index in [1.807, 2.05) is 20.8 Å². The highest BCUT2D eigenvalue weighted by Gasteiger charge is 2.61. The fraction of sp³-hybridized carbons (Fsp3) is 0.909. The predicted molar refractivity (Wildman–Crippen MR) is 269 cm³/mol. The number of ether oxygens (including phenoxy) is 2. The fourth-order valence-electron chi connectivity index (χ4n) is 12.9. The molecule has 62 heavy (non-hydrogen) atoms. The molecule has 4 saturated carbocycles. The summed E-state index contributed by atoms with van der Waals surface area (Å²) < 4.78 is 26.1. The molecule has 4 fully saturated rings. The van der Waals surface area contributed by atoms with Gasteiger partial charge >= 0.3 is 14.5 Å². The van der Waals surface area contributed by atoms with Crippen LogP contribution in [0, 0.1) is 51.8 Å². The zero-order chi connectivity index (χ0) is 45.1. The second-order valence-corrected chi connectivity index (χ2v) is 27.0. The minimum absolute atomic E-state index is 0.0258. The van der Waals surface area contributed by atoms with E-state index in [4.69, 9.17) is 18.3 Å². The summed E-state index contributed by atoms with van der Waals surface area (Å²) in [6, 6.07) is 0. The Kier molecular flexibility index (Phi) is 23.9. The van der Waals surface area contributed by atoms with Gasteiger partial charge in [-0.25, -0.2) is 0 Å². The van der Waals surface area contributed by atoms with Crippen molar-refractivity contribution in [3.05, 3.63) is 24.3 Å². The maximum absolute atomic E-state index is 12.8. The van der Waals surface area contributed by atoms with Gasteiger partial charge in [0.05, 0.1) is 5.41 Å². The standard InChI is InChI=1S/C55H99BrO5Si/c1-10-11-12-13-14-15-16-17-18-19-20-21-22-23-25-28-41-58-51(61-62(8,9)59-42-29-26-24-27-40-56)35-30-44(2)48-33-34-49-47-32-31-45-43-46(60-52(57)53(3,4)5)36-38-54(45,6)50(47)37-39-55(48,49)7/h14-15,17-18,44-51H,10-13,16,19-43H2,1-9H3/b15-14-,18-17-/t44-,45?,46-,47?,48?,49?,50?,51?,54+,55-/m1/s1. The molecule has 0 bridgehead atoms. The zero-order valence-corrected chi connectivity index (χ0v) is 44.6. The van der Waals surface area contributed by atoms with E-state index in [1.54, 1.807) is 0 Å². The lowest BCUT2D eigenvalue weighted by Crippen LogP contribution is -2.54. The molecule has 0 heterocycles. The van der Waals surface area contributed by atoms with Gasteiger partial charge in [-0.15, -0.1) is 0 Å². The third-order valence-electron chi connectivity index (χ3n) is 16.7. The molecule has 4 rings (SSSR count). The molecule has 360 valence electrons. The van der Waals surface area contributed by atoms with Crippen LogP contribution in [0.15, 0.2) is 24.3 Å². The normalized spacial score (nSPS) is 30.0. The number of alkyl halides is 1. The topological polar surface area (TPSA) is 54.0 Å². The van der Waals surface area contributed by atoms with E-state index in [-0.39, 0.29) is 18.4 Å². The summed E-state index contributed by atoms with van der Waals surface area (Å²) in [4.78, 5) is 12.8. The molecule has 0 aromatic carbocycles. The Balaban J connectivity index is 1.23. The molecule has 0 aromatic heterocycles. The molecule has 7 heteroatoms. The van der Waals surface area contributed by atoms with Crippen molar-refractivity contribution in [1.29, 1.82) is 0 Å². The lowest BCUT2D eigenvalue weighted by Gasteiger charge is -2.61. The molecular formula is C55H99BrO5Si. The first-order valence-electron chi connectivity index (χ1n) is 26.6. The van der Waals surface area contributed by atoms with Gasteiger partial charge < -0.3 is 18.3 Å². The van der Waals surface area contributed by atoms with E-state index < -0.39 is 14.0 Å². The molecule has 4 aliphatic carbocycles. The molecule has 6 unspecified atom stereocenters. The van der Waals surface area contributed by atoms with Gasteiger partial charge in [0.25, 0.3) is 0 Å². The SMILES string of the molecule is CCCCC/C=C\C/C=C\CCCCCCCCOC(CC[C@@H](C)C1CCC2C3CCC4C[C@H](OC(=O)C(C)(C)C)CC[C@]4(C)C3CC[C@@]21C)O[Si](C)(C)OCCCCCCBr. The lowest BCUT2D eigenvalue weighted by atomic mass is 9.44. The largest absolute Gasteiger partial charge is 0.462 e. The minimum atomic E-state index is -2.32. The fourth-order valence-corrected chi connectivity index (χ4v) is 14.8. The van der Waals surface area contributed by atoms with Gasteiger partial charge in [-0.3, -0.25) is 4.79 Å². The summed E-state index contributed by atoms with van der Waals surface area (Å²) in [5.41, 5.74) is 0.410. The van der Waals surface area contributed by atoms with Gasteiger partial charge in [0.2, 0.25) is 0 Å². The van der Waals surface area contributed by atoms with Crippen molar-refractivity contribution in [3.8, 4) is 0 Å². The van der Waals surface area contributed by atoms with Crippen LogP contribution in [-0.4, -0.2) is 45.5 Å². The van der Waals surface area contributed by atoms with Crippen LogP contribution in [0.2, 0.25) is 13.1 Å². The van der Waals surface area contributed by atoms with Crippen LogP contribution < -0.4 is 0 Å². The number of halogens is 1. The molecule has 0 N–H and O–H groups in total. The van der Waals surface area contributed by atoms with Crippen molar-refractivity contribution < 1.29 is 23.1 Å². The molecule has 0 aliphatic heterocycles. The van der Waals surface area contributed by atoms with E-state index >= 15 is 0 Å². The third-order valence-corrected chi connectivity index (χ3v) is 19.0. The molecule has 0 spiro atoms. The van der Waals surface area contributed by atoms with Crippen molar-refractivity contribution in [1.82, 2.24) is 0 Å². The van der Waals surface area contributed by atoms with Crippen LogP contribution in [0.3, 0.4) is 0 Å². The molecule has 0 aromatic rings. The zero-order valence-electron chi connectivity index (χ0n) is 42.1. The number of fused-ring (bicyclic) bond motifs is 5. The minimum Gasteiger partial charge on any atom is -0.462 e. The highest BCUT2D eigenvalue weighted by molar-refractivity contribution is 9.09. The van der Waals surface area contributed by atoms with Gasteiger partial charge in [-0.1, -0.05) is 119 Å². The van der Waals surface area contributed by atoms with Gasteiger partial charge in [0.15, 0.2) is 0 Å². The lowest BCUT2D eigenvalue weighted by molar-refractivity contribution is -0.170. The Morgan fingerprint density at radius 2 is 1.37 bits per heavy atom. The predicted octanol–water partition coefficient (Wildman–Crippen LogP) is 16.9. The maximum atomic E-state index is 12.8. The van der Waals surface area contributed by atoms with Crippen LogP contribution in [0.4, 0.5) is 0 Å². The van der Waals surface area contributed by atoms with Crippen molar-refractivity contribution in [2.24, 2.45) is 51.8 Å². The summed E-state index contributed by atoms with van der Waals surface area (Å²) in [5.74, 6) is 4.65. The number of carbonyl (C=O) groups excluding carboxylic acids is 1. The maximum Gasteiger partial charge on any atom is 0.333 e. The van der Waals surface area contributed by atoms with Crippen molar-refractivity contribution in [2.45, 2.75) is 247 Å². The van der Waals surface area contributed by atoms with Crippen LogP contribution in [0.5, 0.6) is 0 Å². The Morgan fingerprint density at radius 1 is 0.742 bits per heavy atom. The number of esters is 1. The quantitative estimate of drug-likeness (QED) is 0.0179. The first-order chi connectivity index (χ1) is 29.6. The molecular weight excluding hydrogens is 849 g/mol. The molecule has 0 radical (unpaired) electrons. The van der Waals surface area contributed by atoms with E-state index in [9.17, 15) is 4.79 Å². The second kappa shape index (κ2) is 27.4. The first kappa shape index (κ1) is 54.1. The van der Waals surface area contributed by atoms with Crippen molar-refractivity contribution >= 4 is 30.5 Å². The summed E-state index contributed by atoms with van der Waals surface area (Å²) in [7, 11) is -2.32. The third kappa shape index (κ3) is 17.0. The number of allylic oxidation sites excluding steroid dienone is 4. The van der Waals surface area contributed by atoms with E-state index in [1.165, 1.54) is 135 Å². The Morgan fingerprint density at radius 3 is 2.06 bits per heavy atom. The number of hydrogen-bond donors (Lipinski definition) is 0. The van der Waals surface area contributed by atoms with E-state index in [0.717, 1.165) is 80.7 Å². The Hall–Kier alpha value is -0.473. The summed E-state index contributed by atoms with van der Waals surface area (Å²) in [5, 5.41) is 1.09. The molecule has 0 saturated heterocycles. The number of hydrogen-bond acceptors (Lipinski definition) is 5. The molecule has 4 aliphatic rings. The summed E-state index contributed by atoms with van der Waals surface area (Å²) in [6.45, 7) is 22.2. The number of rotatable bonds is 30. The van der Waals surface area contributed by atoms with E-state index in [0.29, 0.717) is 22.7 Å². The van der Waals surface area contributed by atoms with E-state index in [2.05, 4.69) is 81.0 Å². The van der Waals surface area contributed by atoms with Crippen molar-refractivity contribution in [3.63, 3.8) is 0 Å². The average molecular weight is 948 g/mol. The average Bonchev–Trinajstić information content (AvgIpc) is 3.59. The van der Waals surface area contributed by atoms with Gasteiger partial charge in [-0.05, 0) is 202 Å². The number of unbranched alkanes of at least 4 members (excludes halogenated alkanes) is 12. The molecule has 0 amide bonds.